The van der Waals surface area contributed by atoms with Gasteiger partial charge in [0.2, 0.25) is 11.8 Å². The maximum atomic E-state index is 12.2. The number of fused-ring (bicyclic) bond motifs is 1. The van der Waals surface area contributed by atoms with Crippen molar-refractivity contribution in [3.63, 3.8) is 0 Å². The first-order valence-electron chi connectivity index (χ1n) is 10.4. The van der Waals surface area contributed by atoms with Gasteiger partial charge in [0, 0.05) is 24.8 Å². The van der Waals surface area contributed by atoms with Crippen LogP contribution in [0.25, 0.3) is 10.2 Å². The number of para-hydroxylation sites is 2. The summed E-state index contributed by atoms with van der Waals surface area (Å²) in [4.78, 5) is 31.0. The van der Waals surface area contributed by atoms with E-state index in [1.54, 1.807) is 11.3 Å². The summed E-state index contributed by atoms with van der Waals surface area (Å²) in [5.41, 5.74) is 1.76. The first-order chi connectivity index (χ1) is 15.2. The number of aromatic nitrogens is 1. The molecule has 4 rings (SSSR count). The Bertz CT molecular complexity index is 983. The first-order valence-corrected chi connectivity index (χ1v) is 11.3. The second kappa shape index (κ2) is 10.5. The molecule has 2 N–H and O–H groups in total. The lowest BCUT2D eigenvalue weighted by Crippen LogP contribution is -2.47. The second-order valence-electron chi connectivity index (χ2n) is 7.60. The van der Waals surface area contributed by atoms with E-state index in [4.69, 9.17) is 4.74 Å². The molecule has 1 aliphatic rings. The number of nitrogens with zero attached hydrogens (tertiary/aromatic N) is 2. The number of thiazole rings is 1. The van der Waals surface area contributed by atoms with Gasteiger partial charge in [0.05, 0.1) is 23.4 Å². The molecule has 1 saturated heterocycles. The van der Waals surface area contributed by atoms with Gasteiger partial charge >= 0.3 is 0 Å². The lowest BCUT2D eigenvalue weighted by atomic mass is 10.1. The number of benzene rings is 2. The zero-order valence-corrected chi connectivity index (χ0v) is 18.1. The van der Waals surface area contributed by atoms with Crippen LogP contribution in [0.1, 0.15) is 17.8 Å². The third kappa shape index (κ3) is 6.33. The summed E-state index contributed by atoms with van der Waals surface area (Å²) in [5, 5.41) is 6.82. The molecule has 3 aromatic rings. The fourth-order valence-electron chi connectivity index (χ4n) is 3.64. The number of piperidine rings is 1. The van der Waals surface area contributed by atoms with Crippen LogP contribution in [0.2, 0.25) is 0 Å². The van der Waals surface area contributed by atoms with E-state index in [0.29, 0.717) is 13.2 Å². The van der Waals surface area contributed by atoms with Gasteiger partial charge in [0.25, 0.3) is 0 Å². The molecule has 0 spiro atoms. The predicted molar refractivity (Wildman–Crippen MR) is 122 cm³/mol. The third-order valence-corrected chi connectivity index (χ3v) is 6.18. The predicted octanol–water partition coefficient (Wildman–Crippen LogP) is 3.03. The van der Waals surface area contributed by atoms with E-state index in [9.17, 15) is 9.59 Å². The normalized spacial score (nSPS) is 15.1. The molecule has 0 radical (unpaired) electrons. The molecule has 0 saturated carbocycles. The van der Waals surface area contributed by atoms with E-state index < -0.39 is 0 Å². The Morgan fingerprint density at radius 1 is 1.03 bits per heavy atom. The number of amides is 2. The molecule has 2 amide bonds. The van der Waals surface area contributed by atoms with Gasteiger partial charge in [-0.25, -0.2) is 4.98 Å². The van der Waals surface area contributed by atoms with Crippen LogP contribution in [0.4, 0.5) is 5.69 Å². The summed E-state index contributed by atoms with van der Waals surface area (Å²) >= 11 is 1.58. The highest BCUT2D eigenvalue weighted by molar-refractivity contribution is 7.18. The van der Waals surface area contributed by atoms with Crippen molar-refractivity contribution in [3.05, 3.63) is 59.6 Å². The maximum Gasteiger partial charge on any atom is 0.246 e. The molecule has 162 valence electrons. The quantitative estimate of drug-likeness (QED) is 0.565. The number of hydrogen-bond donors (Lipinski definition) is 2. The zero-order chi connectivity index (χ0) is 21.5. The van der Waals surface area contributed by atoms with E-state index in [1.807, 2.05) is 54.6 Å². The molecule has 31 heavy (non-hydrogen) atoms. The van der Waals surface area contributed by atoms with E-state index in [-0.39, 0.29) is 24.5 Å². The van der Waals surface area contributed by atoms with Crippen LogP contribution in [0.5, 0.6) is 0 Å². The van der Waals surface area contributed by atoms with Crippen LogP contribution in [-0.4, -0.2) is 54.0 Å². The Hall–Kier alpha value is -2.81. The zero-order valence-electron chi connectivity index (χ0n) is 17.3. The summed E-state index contributed by atoms with van der Waals surface area (Å²) in [5.74, 6) is -0.127. The monoisotopic (exact) mass is 438 g/mol. The van der Waals surface area contributed by atoms with Crippen molar-refractivity contribution in [2.45, 2.75) is 25.5 Å². The molecule has 8 heteroatoms. The smallest absolute Gasteiger partial charge is 0.246 e. The largest absolute Gasteiger partial charge is 0.364 e. The molecule has 1 aliphatic heterocycles. The summed E-state index contributed by atoms with van der Waals surface area (Å²) < 4.78 is 6.68. The van der Waals surface area contributed by atoms with Crippen LogP contribution in [0, 0.1) is 0 Å². The van der Waals surface area contributed by atoms with Gasteiger partial charge in [0.15, 0.2) is 0 Å². The average molecular weight is 439 g/mol. The average Bonchev–Trinajstić information content (AvgIpc) is 3.18. The van der Waals surface area contributed by atoms with Gasteiger partial charge in [-0.2, -0.15) is 0 Å². The number of rotatable bonds is 8. The number of ether oxygens (including phenoxy) is 1. The Labute approximate surface area is 185 Å². The molecule has 0 atom stereocenters. The van der Waals surface area contributed by atoms with Gasteiger partial charge in [-0.1, -0.05) is 30.3 Å². The van der Waals surface area contributed by atoms with Crippen molar-refractivity contribution in [2.75, 3.05) is 31.6 Å². The van der Waals surface area contributed by atoms with Crippen molar-refractivity contribution in [3.8, 4) is 0 Å². The number of nitrogens with one attached hydrogen (secondary N) is 2. The number of anilines is 1. The summed E-state index contributed by atoms with van der Waals surface area (Å²) in [7, 11) is 0. The van der Waals surface area contributed by atoms with Crippen molar-refractivity contribution >= 4 is 39.1 Å². The minimum atomic E-state index is -0.110. The molecule has 2 heterocycles. The fraction of sp³-hybridized carbons (Fsp3) is 0.348. The third-order valence-electron chi connectivity index (χ3n) is 5.17. The molecule has 1 aromatic heterocycles. The van der Waals surface area contributed by atoms with Crippen LogP contribution in [0.3, 0.4) is 0 Å². The van der Waals surface area contributed by atoms with E-state index in [1.165, 1.54) is 0 Å². The van der Waals surface area contributed by atoms with Crippen LogP contribution in [0.15, 0.2) is 54.6 Å². The number of likely N-dealkylation sites (tertiary alicyclic amines) is 1. The Morgan fingerprint density at radius 3 is 2.55 bits per heavy atom. The van der Waals surface area contributed by atoms with Crippen LogP contribution < -0.4 is 10.6 Å². The highest BCUT2D eigenvalue weighted by atomic mass is 32.1. The SMILES string of the molecule is O=C(CN1CCC(NC(=O)COCc2nc3ccccc3s2)CC1)Nc1ccccc1. The standard InChI is InChI=1S/C23H26N4O3S/c28-21(24-17-6-2-1-3-7-17)14-27-12-10-18(11-13-27)25-22(29)15-30-16-23-26-19-8-4-5-9-20(19)31-23/h1-9,18H,10-16H2,(H,24,28)(H,25,29). The first kappa shape index (κ1) is 21.4. The molecular formula is C23H26N4O3S. The van der Waals surface area contributed by atoms with Gasteiger partial charge in [-0.3, -0.25) is 14.5 Å². The van der Waals surface area contributed by atoms with Crippen LogP contribution in [-0.2, 0) is 20.9 Å². The van der Waals surface area contributed by atoms with Crippen molar-refractivity contribution in [1.82, 2.24) is 15.2 Å². The van der Waals surface area contributed by atoms with E-state index >= 15 is 0 Å². The minimum Gasteiger partial charge on any atom is -0.364 e. The topological polar surface area (TPSA) is 83.6 Å². The van der Waals surface area contributed by atoms with Gasteiger partial charge in [-0.15, -0.1) is 11.3 Å². The molecule has 0 unspecified atom stereocenters. The van der Waals surface area contributed by atoms with E-state index in [2.05, 4.69) is 20.5 Å². The van der Waals surface area contributed by atoms with Gasteiger partial charge in [-0.05, 0) is 37.1 Å². The summed E-state index contributed by atoms with van der Waals surface area (Å²) in [6.07, 6.45) is 1.64. The maximum absolute atomic E-state index is 12.2. The van der Waals surface area contributed by atoms with Crippen LogP contribution >= 0.6 is 11.3 Å². The number of carbonyl (C=O) groups excluding carboxylic acids is 2. The number of hydrogen-bond acceptors (Lipinski definition) is 6. The Kier molecular flexibility index (Phi) is 7.24. The van der Waals surface area contributed by atoms with Crippen molar-refractivity contribution < 1.29 is 14.3 Å². The minimum absolute atomic E-state index is 0.0167. The van der Waals surface area contributed by atoms with Crippen molar-refractivity contribution in [1.29, 1.82) is 0 Å². The second-order valence-corrected chi connectivity index (χ2v) is 8.72. The summed E-state index contributed by atoms with van der Waals surface area (Å²) in [6.45, 7) is 2.28. The van der Waals surface area contributed by atoms with Gasteiger partial charge in [0.1, 0.15) is 11.6 Å². The molecule has 0 aliphatic carbocycles. The highest BCUT2D eigenvalue weighted by Crippen LogP contribution is 2.21. The fourth-order valence-corrected chi connectivity index (χ4v) is 4.55. The lowest BCUT2D eigenvalue weighted by molar-refractivity contribution is -0.127. The highest BCUT2D eigenvalue weighted by Gasteiger charge is 2.22. The van der Waals surface area contributed by atoms with Gasteiger partial charge < -0.3 is 15.4 Å². The Morgan fingerprint density at radius 2 is 1.77 bits per heavy atom. The lowest BCUT2D eigenvalue weighted by Gasteiger charge is -2.31. The molecule has 7 nitrogen and oxygen atoms in total. The van der Waals surface area contributed by atoms with E-state index in [0.717, 1.165) is 46.8 Å². The molecule has 2 aromatic carbocycles. The molecule has 0 bridgehead atoms. The number of carbonyl (C=O) groups is 2. The molecular weight excluding hydrogens is 412 g/mol. The molecule has 1 fully saturated rings. The Balaban J connectivity index is 1.12. The van der Waals surface area contributed by atoms with Crippen molar-refractivity contribution in [2.24, 2.45) is 0 Å². The summed E-state index contributed by atoms with van der Waals surface area (Å²) in [6, 6.07) is 17.5.